The molecule has 1 atom stereocenters. The second-order valence-electron chi connectivity index (χ2n) is 6.72. The van der Waals surface area contributed by atoms with E-state index in [-0.39, 0.29) is 0 Å². The molecule has 21 heavy (non-hydrogen) atoms. The van der Waals surface area contributed by atoms with E-state index < -0.39 is 0 Å². The number of rotatable bonds is 8. The maximum Gasteiger partial charge on any atom is 0.0454 e. The van der Waals surface area contributed by atoms with E-state index in [9.17, 15) is 0 Å². The standard InChI is InChI=1S/C19H32N2/c1-6-20-18(13-21(7-2)12-17-8-9-17)19-15(4)10-14(3)11-16(19)5/h10-11,17-18,20H,6-9,12-13H2,1-5H3. The fourth-order valence-electron chi connectivity index (χ4n) is 3.50. The molecule has 0 saturated heterocycles. The molecule has 2 rings (SSSR count). The first-order valence-electron chi connectivity index (χ1n) is 8.58. The third-order valence-corrected chi connectivity index (χ3v) is 4.64. The second kappa shape index (κ2) is 7.42. The minimum atomic E-state index is 0.453. The third kappa shape index (κ3) is 4.55. The van der Waals surface area contributed by atoms with Gasteiger partial charge in [-0.3, -0.25) is 0 Å². The van der Waals surface area contributed by atoms with Gasteiger partial charge in [0.1, 0.15) is 0 Å². The number of nitrogens with zero attached hydrogens (tertiary/aromatic N) is 1. The Kier molecular flexibility index (Phi) is 5.83. The molecule has 1 aliphatic rings. The van der Waals surface area contributed by atoms with Crippen molar-refractivity contribution in [1.29, 1.82) is 0 Å². The van der Waals surface area contributed by atoms with Gasteiger partial charge >= 0.3 is 0 Å². The third-order valence-electron chi connectivity index (χ3n) is 4.64. The second-order valence-corrected chi connectivity index (χ2v) is 6.72. The molecule has 1 saturated carbocycles. The van der Waals surface area contributed by atoms with E-state index >= 15 is 0 Å². The molecule has 0 aliphatic heterocycles. The summed E-state index contributed by atoms with van der Waals surface area (Å²) in [5.41, 5.74) is 5.74. The Balaban J connectivity index is 2.17. The molecule has 1 fully saturated rings. The Labute approximate surface area is 130 Å². The van der Waals surface area contributed by atoms with Gasteiger partial charge in [-0.1, -0.05) is 31.5 Å². The Hall–Kier alpha value is -0.860. The highest BCUT2D eigenvalue weighted by Crippen LogP contribution is 2.31. The van der Waals surface area contributed by atoms with Crippen molar-refractivity contribution in [3.05, 3.63) is 34.4 Å². The molecule has 1 unspecified atom stereocenters. The van der Waals surface area contributed by atoms with Crippen LogP contribution < -0.4 is 5.32 Å². The van der Waals surface area contributed by atoms with Crippen LogP contribution in [-0.4, -0.2) is 31.1 Å². The molecule has 0 radical (unpaired) electrons. The largest absolute Gasteiger partial charge is 0.309 e. The summed E-state index contributed by atoms with van der Waals surface area (Å²) in [6.45, 7) is 15.8. The fourth-order valence-corrected chi connectivity index (χ4v) is 3.50. The number of likely N-dealkylation sites (N-methyl/N-ethyl adjacent to an activating group) is 2. The summed E-state index contributed by atoms with van der Waals surface area (Å²) in [6, 6.07) is 5.10. The summed E-state index contributed by atoms with van der Waals surface area (Å²) in [7, 11) is 0. The average Bonchev–Trinajstić information content (AvgIpc) is 3.20. The summed E-state index contributed by atoms with van der Waals surface area (Å²) < 4.78 is 0. The van der Waals surface area contributed by atoms with Gasteiger partial charge in [0.2, 0.25) is 0 Å². The van der Waals surface area contributed by atoms with E-state index in [1.165, 1.54) is 41.6 Å². The summed E-state index contributed by atoms with van der Waals surface area (Å²) in [6.07, 6.45) is 2.87. The summed E-state index contributed by atoms with van der Waals surface area (Å²) in [5.74, 6) is 0.965. The van der Waals surface area contributed by atoms with Crippen molar-refractivity contribution in [1.82, 2.24) is 10.2 Å². The van der Waals surface area contributed by atoms with E-state index in [1.54, 1.807) is 0 Å². The van der Waals surface area contributed by atoms with E-state index in [1.807, 2.05) is 0 Å². The van der Waals surface area contributed by atoms with Crippen LogP contribution in [0.3, 0.4) is 0 Å². The van der Waals surface area contributed by atoms with Gasteiger partial charge < -0.3 is 10.2 Å². The zero-order valence-corrected chi connectivity index (χ0v) is 14.5. The van der Waals surface area contributed by atoms with Crippen LogP contribution in [0.2, 0.25) is 0 Å². The first-order chi connectivity index (χ1) is 10.0. The maximum absolute atomic E-state index is 3.72. The van der Waals surface area contributed by atoms with Crippen LogP contribution in [0.5, 0.6) is 0 Å². The zero-order valence-electron chi connectivity index (χ0n) is 14.5. The van der Waals surface area contributed by atoms with E-state index in [0.29, 0.717) is 6.04 Å². The topological polar surface area (TPSA) is 15.3 Å². The number of hydrogen-bond donors (Lipinski definition) is 1. The maximum atomic E-state index is 3.72. The van der Waals surface area contributed by atoms with Gasteiger partial charge in [0.25, 0.3) is 0 Å². The predicted octanol–water partition coefficient (Wildman–Crippen LogP) is 3.99. The first-order valence-corrected chi connectivity index (χ1v) is 8.58. The SMILES string of the molecule is CCNC(CN(CC)CC1CC1)c1c(C)cc(C)cc1C. The number of nitrogens with one attached hydrogen (secondary N) is 1. The van der Waals surface area contributed by atoms with Gasteiger partial charge in [0.15, 0.2) is 0 Å². The molecule has 1 aliphatic carbocycles. The van der Waals surface area contributed by atoms with Crippen molar-refractivity contribution in [2.75, 3.05) is 26.2 Å². The summed E-state index contributed by atoms with van der Waals surface area (Å²) in [5, 5.41) is 3.72. The lowest BCUT2D eigenvalue weighted by Gasteiger charge is -2.29. The van der Waals surface area contributed by atoms with Crippen LogP contribution >= 0.6 is 0 Å². The van der Waals surface area contributed by atoms with E-state index in [4.69, 9.17) is 0 Å². The number of aryl methyl sites for hydroxylation is 3. The van der Waals surface area contributed by atoms with Crippen LogP contribution in [0.4, 0.5) is 0 Å². The highest BCUT2D eigenvalue weighted by molar-refractivity contribution is 5.39. The summed E-state index contributed by atoms with van der Waals surface area (Å²) >= 11 is 0. The lowest BCUT2D eigenvalue weighted by atomic mass is 9.93. The minimum absolute atomic E-state index is 0.453. The van der Waals surface area contributed by atoms with Crippen molar-refractivity contribution in [2.45, 2.75) is 53.5 Å². The Bertz CT molecular complexity index is 440. The van der Waals surface area contributed by atoms with Crippen molar-refractivity contribution >= 4 is 0 Å². The zero-order chi connectivity index (χ0) is 15.4. The molecular weight excluding hydrogens is 256 g/mol. The van der Waals surface area contributed by atoms with Gasteiger partial charge in [-0.15, -0.1) is 0 Å². The van der Waals surface area contributed by atoms with E-state index in [2.05, 4.69) is 57.0 Å². The molecule has 0 aromatic heterocycles. The molecule has 1 N–H and O–H groups in total. The molecule has 2 nitrogen and oxygen atoms in total. The number of hydrogen-bond acceptors (Lipinski definition) is 2. The smallest absolute Gasteiger partial charge is 0.0454 e. The molecular formula is C19H32N2. The number of benzene rings is 1. The predicted molar refractivity (Wildman–Crippen MR) is 91.9 cm³/mol. The normalized spacial score (nSPS) is 16.5. The molecule has 118 valence electrons. The lowest BCUT2D eigenvalue weighted by molar-refractivity contribution is 0.245. The van der Waals surface area contributed by atoms with Gasteiger partial charge in [-0.25, -0.2) is 0 Å². The van der Waals surface area contributed by atoms with Gasteiger partial charge in [0.05, 0.1) is 0 Å². The van der Waals surface area contributed by atoms with Crippen LogP contribution in [-0.2, 0) is 0 Å². The minimum Gasteiger partial charge on any atom is -0.309 e. The van der Waals surface area contributed by atoms with Gasteiger partial charge in [-0.05, 0) is 69.3 Å². The van der Waals surface area contributed by atoms with Crippen LogP contribution in [0, 0.1) is 26.7 Å². The fraction of sp³-hybridized carbons (Fsp3) is 0.684. The highest BCUT2D eigenvalue weighted by Gasteiger charge is 2.26. The average molecular weight is 288 g/mol. The van der Waals surface area contributed by atoms with E-state index in [0.717, 1.165) is 25.6 Å². The molecule has 0 bridgehead atoms. The molecule has 0 heterocycles. The van der Waals surface area contributed by atoms with Crippen molar-refractivity contribution < 1.29 is 0 Å². The first kappa shape index (κ1) is 16.5. The monoisotopic (exact) mass is 288 g/mol. The molecule has 0 amide bonds. The Morgan fingerprint density at radius 3 is 2.24 bits per heavy atom. The molecule has 0 spiro atoms. The van der Waals surface area contributed by atoms with Crippen LogP contribution in [0.1, 0.15) is 55.0 Å². The highest BCUT2D eigenvalue weighted by atomic mass is 15.1. The molecule has 1 aromatic rings. The summed E-state index contributed by atoms with van der Waals surface area (Å²) in [4.78, 5) is 2.63. The Morgan fingerprint density at radius 1 is 1.14 bits per heavy atom. The Morgan fingerprint density at radius 2 is 1.76 bits per heavy atom. The lowest BCUT2D eigenvalue weighted by Crippen LogP contribution is -2.37. The van der Waals surface area contributed by atoms with Gasteiger partial charge in [0, 0.05) is 19.1 Å². The quantitative estimate of drug-likeness (QED) is 0.778. The van der Waals surface area contributed by atoms with Gasteiger partial charge in [-0.2, -0.15) is 0 Å². The van der Waals surface area contributed by atoms with Crippen LogP contribution in [0.15, 0.2) is 12.1 Å². The van der Waals surface area contributed by atoms with Crippen molar-refractivity contribution in [3.63, 3.8) is 0 Å². The van der Waals surface area contributed by atoms with Crippen molar-refractivity contribution in [2.24, 2.45) is 5.92 Å². The molecule has 1 aromatic carbocycles. The molecule has 2 heteroatoms. The van der Waals surface area contributed by atoms with Crippen molar-refractivity contribution in [3.8, 4) is 0 Å². The van der Waals surface area contributed by atoms with Crippen LogP contribution in [0.25, 0.3) is 0 Å².